The first-order valence-electron chi connectivity index (χ1n) is 6.00. The van der Waals surface area contributed by atoms with E-state index in [0.29, 0.717) is 16.5 Å². The van der Waals surface area contributed by atoms with Crippen molar-refractivity contribution in [2.75, 3.05) is 19.6 Å². The molecule has 1 heterocycles. The van der Waals surface area contributed by atoms with Crippen LogP contribution in [0.3, 0.4) is 0 Å². The molecule has 1 aromatic carbocycles. The molecule has 2 N–H and O–H groups in total. The van der Waals surface area contributed by atoms with E-state index < -0.39 is 0 Å². The van der Waals surface area contributed by atoms with E-state index in [2.05, 4.69) is 10.6 Å². The van der Waals surface area contributed by atoms with Gasteiger partial charge >= 0.3 is 0 Å². The molecule has 18 heavy (non-hydrogen) atoms. The summed E-state index contributed by atoms with van der Waals surface area (Å²) >= 11 is 5.77. The second-order valence-electron chi connectivity index (χ2n) is 4.41. The van der Waals surface area contributed by atoms with E-state index in [1.54, 1.807) is 24.3 Å². The number of carbonyl (C=O) groups excluding carboxylic acids is 1. The van der Waals surface area contributed by atoms with E-state index in [9.17, 15) is 4.79 Å². The quantitative estimate of drug-likeness (QED) is 0.894. The van der Waals surface area contributed by atoms with Crippen LogP contribution in [0.1, 0.15) is 23.2 Å². The second-order valence-corrected chi connectivity index (χ2v) is 4.85. The molecule has 100 valence electrons. The lowest BCUT2D eigenvalue weighted by atomic mass is 10.1. The number of rotatable bonds is 4. The van der Waals surface area contributed by atoms with Gasteiger partial charge in [0, 0.05) is 17.1 Å². The van der Waals surface area contributed by atoms with Gasteiger partial charge in [-0.3, -0.25) is 4.79 Å². The first kappa shape index (κ1) is 15.3. The molecule has 3 nitrogen and oxygen atoms in total. The smallest absolute Gasteiger partial charge is 0.251 e. The molecule has 0 saturated carbocycles. The van der Waals surface area contributed by atoms with Crippen molar-refractivity contribution in [2.45, 2.75) is 12.8 Å². The van der Waals surface area contributed by atoms with Crippen LogP contribution in [0.25, 0.3) is 0 Å². The number of hydrogen-bond acceptors (Lipinski definition) is 2. The third-order valence-electron chi connectivity index (χ3n) is 3.11. The summed E-state index contributed by atoms with van der Waals surface area (Å²) in [6.07, 6.45) is 2.27. The Balaban J connectivity index is 0.00000162. The zero-order valence-electron chi connectivity index (χ0n) is 10.1. The number of amides is 1. The van der Waals surface area contributed by atoms with Crippen LogP contribution < -0.4 is 10.6 Å². The molecular formula is C13H18Cl2N2O. The fourth-order valence-corrected chi connectivity index (χ4v) is 2.18. The normalized spacial score (nSPS) is 18.2. The van der Waals surface area contributed by atoms with E-state index in [1.165, 1.54) is 6.42 Å². The minimum Gasteiger partial charge on any atom is -0.352 e. The Labute approximate surface area is 119 Å². The van der Waals surface area contributed by atoms with Gasteiger partial charge in [-0.25, -0.2) is 0 Å². The average molecular weight is 289 g/mol. The van der Waals surface area contributed by atoms with E-state index in [0.717, 1.165) is 26.1 Å². The van der Waals surface area contributed by atoms with Gasteiger partial charge in [0.1, 0.15) is 0 Å². The van der Waals surface area contributed by atoms with Crippen molar-refractivity contribution < 1.29 is 4.79 Å². The average Bonchev–Trinajstić information content (AvgIpc) is 2.83. The molecule has 1 atom stereocenters. The lowest BCUT2D eigenvalue weighted by Crippen LogP contribution is -2.26. The van der Waals surface area contributed by atoms with Crippen molar-refractivity contribution in [3.05, 3.63) is 34.9 Å². The van der Waals surface area contributed by atoms with Gasteiger partial charge in [0.15, 0.2) is 0 Å². The first-order chi connectivity index (χ1) is 8.25. The molecule has 0 aromatic heterocycles. The van der Waals surface area contributed by atoms with Crippen molar-refractivity contribution >= 4 is 29.9 Å². The molecule has 1 fully saturated rings. The van der Waals surface area contributed by atoms with Crippen LogP contribution in [0.2, 0.25) is 5.02 Å². The Morgan fingerprint density at radius 1 is 1.39 bits per heavy atom. The Bertz CT molecular complexity index is 375. The molecule has 5 heteroatoms. The highest BCUT2D eigenvalue weighted by atomic mass is 35.5. The van der Waals surface area contributed by atoms with Gasteiger partial charge in [0.25, 0.3) is 5.91 Å². The van der Waals surface area contributed by atoms with E-state index in [4.69, 9.17) is 11.6 Å². The van der Waals surface area contributed by atoms with Gasteiger partial charge in [0.05, 0.1) is 0 Å². The van der Waals surface area contributed by atoms with Crippen molar-refractivity contribution in [2.24, 2.45) is 5.92 Å². The summed E-state index contributed by atoms with van der Waals surface area (Å²) in [6, 6.07) is 6.96. The molecule has 1 aliphatic rings. The molecule has 2 rings (SSSR count). The number of hydrogen-bond donors (Lipinski definition) is 2. The van der Waals surface area contributed by atoms with Crippen LogP contribution in [0.5, 0.6) is 0 Å². The summed E-state index contributed by atoms with van der Waals surface area (Å²) in [4.78, 5) is 11.8. The van der Waals surface area contributed by atoms with Crippen LogP contribution in [0.15, 0.2) is 24.3 Å². The van der Waals surface area contributed by atoms with Crippen molar-refractivity contribution in [1.82, 2.24) is 10.6 Å². The largest absolute Gasteiger partial charge is 0.352 e. The molecular weight excluding hydrogens is 271 g/mol. The summed E-state index contributed by atoms with van der Waals surface area (Å²) in [7, 11) is 0. The van der Waals surface area contributed by atoms with Gasteiger partial charge in [-0.05, 0) is 56.1 Å². The predicted octanol–water partition coefficient (Wildman–Crippen LogP) is 2.49. The fourth-order valence-electron chi connectivity index (χ4n) is 2.05. The predicted molar refractivity (Wildman–Crippen MR) is 76.6 cm³/mol. The zero-order valence-corrected chi connectivity index (χ0v) is 11.7. The monoisotopic (exact) mass is 288 g/mol. The Kier molecular flexibility index (Phi) is 6.47. The Hall–Kier alpha value is -0.770. The molecule has 1 aromatic rings. The van der Waals surface area contributed by atoms with Gasteiger partial charge in [-0.1, -0.05) is 11.6 Å². The van der Waals surface area contributed by atoms with Gasteiger partial charge < -0.3 is 10.6 Å². The van der Waals surface area contributed by atoms with Crippen molar-refractivity contribution in [3.63, 3.8) is 0 Å². The number of benzene rings is 1. The molecule has 0 aliphatic carbocycles. The molecule has 0 spiro atoms. The maximum absolute atomic E-state index is 11.8. The topological polar surface area (TPSA) is 41.1 Å². The summed E-state index contributed by atoms with van der Waals surface area (Å²) in [6.45, 7) is 2.93. The van der Waals surface area contributed by atoms with E-state index in [-0.39, 0.29) is 18.3 Å². The van der Waals surface area contributed by atoms with Gasteiger partial charge in [-0.15, -0.1) is 12.4 Å². The third-order valence-corrected chi connectivity index (χ3v) is 3.36. The SMILES string of the molecule is Cl.O=C(NCCC1CCNC1)c1ccc(Cl)cc1. The molecule has 1 aliphatic heterocycles. The zero-order chi connectivity index (χ0) is 12.1. The molecule has 1 amide bonds. The summed E-state index contributed by atoms with van der Waals surface area (Å²) in [5.74, 6) is 0.688. The van der Waals surface area contributed by atoms with E-state index >= 15 is 0 Å². The summed E-state index contributed by atoms with van der Waals surface area (Å²) in [5, 5.41) is 6.91. The van der Waals surface area contributed by atoms with Crippen LogP contribution in [0, 0.1) is 5.92 Å². The van der Waals surface area contributed by atoms with Crippen molar-refractivity contribution in [1.29, 1.82) is 0 Å². The van der Waals surface area contributed by atoms with Crippen LogP contribution >= 0.6 is 24.0 Å². The highest BCUT2D eigenvalue weighted by Gasteiger charge is 2.14. The highest BCUT2D eigenvalue weighted by molar-refractivity contribution is 6.30. The van der Waals surface area contributed by atoms with Crippen LogP contribution in [-0.4, -0.2) is 25.5 Å². The first-order valence-corrected chi connectivity index (χ1v) is 6.38. The van der Waals surface area contributed by atoms with Crippen molar-refractivity contribution in [3.8, 4) is 0 Å². The minimum atomic E-state index is -0.0207. The maximum Gasteiger partial charge on any atom is 0.251 e. The Morgan fingerprint density at radius 3 is 2.72 bits per heavy atom. The maximum atomic E-state index is 11.8. The van der Waals surface area contributed by atoms with Crippen LogP contribution in [0.4, 0.5) is 0 Å². The minimum absolute atomic E-state index is 0. The summed E-state index contributed by atoms with van der Waals surface area (Å²) < 4.78 is 0. The van der Waals surface area contributed by atoms with Gasteiger partial charge in [-0.2, -0.15) is 0 Å². The highest BCUT2D eigenvalue weighted by Crippen LogP contribution is 2.12. The molecule has 1 saturated heterocycles. The fraction of sp³-hybridized carbons (Fsp3) is 0.462. The lowest BCUT2D eigenvalue weighted by Gasteiger charge is -2.09. The number of halogens is 2. The molecule has 0 bridgehead atoms. The van der Waals surface area contributed by atoms with Crippen LogP contribution in [-0.2, 0) is 0 Å². The van der Waals surface area contributed by atoms with E-state index in [1.807, 2.05) is 0 Å². The third kappa shape index (κ3) is 4.48. The molecule has 1 unspecified atom stereocenters. The standard InChI is InChI=1S/C13H17ClN2O.ClH/c14-12-3-1-11(2-4-12)13(17)16-8-6-10-5-7-15-9-10;/h1-4,10,15H,5-9H2,(H,16,17);1H. The number of carbonyl (C=O) groups is 1. The second kappa shape index (κ2) is 7.62. The summed E-state index contributed by atoms with van der Waals surface area (Å²) in [5.41, 5.74) is 0.666. The molecule has 0 radical (unpaired) electrons. The van der Waals surface area contributed by atoms with Gasteiger partial charge in [0.2, 0.25) is 0 Å². The number of nitrogens with one attached hydrogen (secondary N) is 2. The lowest BCUT2D eigenvalue weighted by molar-refractivity contribution is 0.0951. The Morgan fingerprint density at radius 2 is 2.11 bits per heavy atom.